The fraction of sp³-hybridized carbons (Fsp3) is 0.211. The first-order valence-corrected chi connectivity index (χ1v) is 9.56. The van der Waals surface area contributed by atoms with Gasteiger partial charge in [-0.3, -0.25) is 14.4 Å². The van der Waals surface area contributed by atoms with Gasteiger partial charge in [0, 0.05) is 24.6 Å². The molecule has 1 heterocycles. The molecule has 0 fully saturated rings. The Balaban J connectivity index is 1.85. The van der Waals surface area contributed by atoms with E-state index in [2.05, 4.69) is 5.32 Å². The van der Waals surface area contributed by atoms with Crippen LogP contribution in [0.25, 0.3) is 0 Å². The number of halogens is 1. The van der Waals surface area contributed by atoms with Crippen LogP contribution in [-0.2, 0) is 9.59 Å². The minimum absolute atomic E-state index is 0.156. The van der Waals surface area contributed by atoms with Crippen molar-refractivity contribution in [3.8, 4) is 0 Å². The molecule has 6 nitrogen and oxygen atoms in total. The summed E-state index contributed by atoms with van der Waals surface area (Å²) in [5.74, 6) is -0.468. The molecule has 1 aliphatic heterocycles. The van der Waals surface area contributed by atoms with Gasteiger partial charge in [-0.15, -0.1) is 11.8 Å². The second kappa shape index (κ2) is 8.02. The first-order chi connectivity index (χ1) is 12.9. The Hall–Kier alpha value is -2.51. The van der Waals surface area contributed by atoms with E-state index >= 15 is 0 Å². The molecular formula is C19H18ClN3O3S. The lowest BCUT2D eigenvalue weighted by atomic mass is 10.1. The molecule has 0 bridgehead atoms. The van der Waals surface area contributed by atoms with E-state index in [1.807, 2.05) is 6.07 Å². The molecule has 140 valence electrons. The van der Waals surface area contributed by atoms with E-state index in [9.17, 15) is 14.4 Å². The van der Waals surface area contributed by atoms with Gasteiger partial charge in [-0.05, 0) is 30.3 Å². The zero-order chi connectivity index (χ0) is 19.6. The first kappa shape index (κ1) is 19.3. The summed E-state index contributed by atoms with van der Waals surface area (Å²) in [5, 5.41) is 3.14. The highest BCUT2D eigenvalue weighted by Gasteiger charge is 2.28. The van der Waals surface area contributed by atoms with Crippen LogP contribution in [0.15, 0.2) is 47.4 Å². The summed E-state index contributed by atoms with van der Waals surface area (Å²) in [6.45, 7) is -0.156. The smallest absolute Gasteiger partial charge is 0.253 e. The van der Waals surface area contributed by atoms with Gasteiger partial charge in [0.15, 0.2) is 0 Å². The molecule has 0 saturated carbocycles. The molecule has 0 spiro atoms. The maximum absolute atomic E-state index is 12.5. The molecule has 2 aromatic rings. The molecule has 0 saturated heterocycles. The number of benzene rings is 2. The first-order valence-electron chi connectivity index (χ1n) is 8.20. The number of thioether (sulfide) groups is 1. The molecule has 0 aromatic heterocycles. The number of nitrogens with zero attached hydrogens (tertiary/aromatic N) is 2. The second-order valence-electron chi connectivity index (χ2n) is 6.18. The van der Waals surface area contributed by atoms with Crippen LogP contribution in [-0.4, -0.2) is 49.0 Å². The summed E-state index contributed by atoms with van der Waals surface area (Å²) >= 11 is 7.46. The highest BCUT2D eigenvalue weighted by atomic mass is 35.5. The zero-order valence-corrected chi connectivity index (χ0v) is 16.4. The van der Waals surface area contributed by atoms with E-state index in [0.717, 1.165) is 4.90 Å². The lowest BCUT2D eigenvalue weighted by Crippen LogP contribution is -2.41. The summed E-state index contributed by atoms with van der Waals surface area (Å²) in [7, 11) is 3.33. The normalized spacial score (nSPS) is 13.1. The Morgan fingerprint density at radius 1 is 1.22 bits per heavy atom. The van der Waals surface area contributed by atoms with Gasteiger partial charge in [0.25, 0.3) is 5.91 Å². The Labute approximate surface area is 166 Å². The van der Waals surface area contributed by atoms with Gasteiger partial charge in [0.05, 0.1) is 22.2 Å². The summed E-state index contributed by atoms with van der Waals surface area (Å²) in [6, 6.07) is 12.1. The number of hydrogen-bond acceptors (Lipinski definition) is 4. The van der Waals surface area contributed by atoms with E-state index < -0.39 is 0 Å². The molecule has 8 heteroatoms. The van der Waals surface area contributed by atoms with Crippen molar-refractivity contribution < 1.29 is 14.4 Å². The monoisotopic (exact) mass is 403 g/mol. The average molecular weight is 404 g/mol. The van der Waals surface area contributed by atoms with Crippen molar-refractivity contribution in [1.82, 2.24) is 4.90 Å². The van der Waals surface area contributed by atoms with Gasteiger partial charge in [0.1, 0.15) is 6.54 Å². The summed E-state index contributed by atoms with van der Waals surface area (Å²) in [5.41, 5.74) is 1.52. The Morgan fingerprint density at radius 2 is 1.96 bits per heavy atom. The summed E-state index contributed by atoms with van der Waals surface area (Å²) in [6.07, 6.45) is 0. The maximum Gasteiger partial charge on any atom is 0.253 e. The van der Waals surface area contributed by atoms with Crippen LogP contribution >= 0.6 is 23.4 Å². The third-order valence-electron chi connectivity index (χ3n) is 4.00. The molecule has 3 amide bonds. The molecule has 1 aliphatic rings. The lowest BCUT2D eigenvalue weighted by molar-refractivity contribution is -0.120. The maximum atomic E-state index is 12.5. The van der Waals surface area contributed by atoms with Crippen LogP contribution in [0.2, 0.25) is 5.02 Å². The third kappa shape index (κ3) is 4.26. The standard InChI is InChI=1S/C19H18ClN3O3S/c1-22(2)19(26)12-7-8-16-15(9-12)23(18(25)11-27-16)10-17(24)21-14-6-4-3-5-13(14)20/h3-9H,10-11H2,1-2H3,(H,21,24). The van der Waals surface area contributed by atoms with Crippen LogP contribution in [0.3, 0.4) is 0 Å². The van der Waals surface area contributed by atoms with Gasteiger partial charge in [-0.25, -0.2) is 0 Å². The minimum atomic E-state index is -0.362. The SMILES string of the molecule is CN(C)C(=O)c1ccc2c(c1)N(CC(=O)Nc1ccccc1Cl)C(=O)CS2. The number of hydrogen-bond donors (Lipinski definition) is 1. The molecule has 27 heavy (non-hydrogen) atoms. The third-order valence-corrected chi connectivity index (χ3v) is 5.38. The van der Waals surface area contributed by atoms with Crippen LogP contribution in [0.4, 0.5) is 11.4 Å². The zero-order valence-electron chi connectivity index (χ0n) is 14.9. The number of carbonyl (C=O) groups is 3. The molecule has 0 unspecified atom stereocenters. The molecule has 1 N–H and O–H groups in total. The Morgan fingerprint density at radius 3 is 2.67 bits per heavy atom. The number of rotatable bonds is 4. The highest BCUT2D eigenvalue weighted by Crippen LogP contribution is 2.36. The van der Waals surface area contributed by atoms with Crippen molar-refractivity contribution in [3.05, 3.63) is 53.1 Å². The second-order valence-corrected chi connectivity index (χ2v) is 7.60. The number of para-hydroxylation sites is 1. The van der Waals surface area contributed by atoms with Crippen molar-refractivity contribution in [2.45, 2.75) is 4.90 Å². The quantitative estimate of drug-likeness (QED) is 0.851. The molecule has 0 atom stereocenters. The van der Waals surface area contributed by atoms with Crippen LogP contribution < -0.4 is 10.2 Å². The van der Waals surface area contributed by atoms with Crippen molar-refractivity contribution in [2.75, 3.05) is 36.6 Å². The fourth-order valence-electron chi connectivity index (χ4n) is 2.66. The van der Waals surface area contributed by atoms with Gasteiger partial charge in [-0.2, -0.15) is 0 Å². The van der Waals surface area contributed by atoms with Crippen molar-refractivity contribution >= 4 is 52.5 Å². The molecule has 0 radical (unpaired) electrons. The molecule has 2 aromatic carbocycles. The number of carbonyl (C=O) groups excluding carboxylic acids is 3. The van der Waals surface area contributed by atoms with Crippen LogP contribution in [0.1, 0.15) is 10.4 Å². The van der Waals surface area contributed by atoms with Crippen LogP contribution in [0.5, 0.6) is 0 Å². The predicted octanol–water partition coefficient (Wildman–Crippen LogP) is 3.12. The van der Waals surface area contributed by atoms with E-state index in [1.54, 1.807) is 50.5 Å². The number of anilines is 2. The van der Waals surface area contributed by atoms with Gasteiger partial charge in [-0.1, -0.05) is 23.7 Å². The van der Waals surface area contributed by atoms with E-state index in [4.69, 9.17) is 11.6 Å². The summed E-state index contributed by atoms with van der Waals surface area (Å²) in [4.78, 5) is 40.9. The topological polar surface area (TPSA) is 69.7 Å². The number of nitrogens with one attached hydrogen (secondary N) is 1. The Kier molecular flexibility index (Phi) is 5.72. The number of fused-ring (bicyclic) bond motifs is 1. The van der Waals surface area contributed by atoms with Gasteiger partial charge >= 0.3 is 0 Å². The van der Waals surface area contributed by atoms with Gasteiger partial charge in [0.2, 0.25) is 11.8 Å². The fourth-order valence-corrected chi connectivity index (χ4v) is 3.76. The number of amides is 3. The molecular weight excluding hydrogens is 386 g/mol. The summed E-state index contributed by atoms with van der Waals surface area (Å²) < 4.78 is 0. The van der Waals surface area contributed by atoms with E-state index in [-0.39, 0.29) is 30.0 Å². The minimum Gasteiger partial charge on any atom is -0.345 e. The molecule has 3 rings (SSSR count). The average Bonchev–Trinajstić information content (AvgIpc) is 2.65. The van der Waals surface area contributed by atoms with Crippen molar-refractivity contribution in [3.63, 3.8) is 0 Å². The van der Waals surface area contributed by atoms with Gasteiger partial charge < -0.3 is 15.1 Å². The Bertz CT molecular complexity index is 917. The largest absolute Gasteiger partial charge is 0.345 e. The van der Waals surface area contributed by atoms with Crippen molar-refractivity contribution in [2.24, 2.45) is 0 Å². The lowest BCUT2D eigenvalue weighted by Gasteiger charge is -2.29. The highest BCUT2D eigenvalue weighted by molar-refractivity contribution is 8.00. The van der Waals surface area contributed by atoms with Crippen molar-refractivity contribution in [1.29, 1.82) is 0 Å². The van der Waals surface area contributed by atoms with E-state index in [1.165, 1.54) is 21.6 Å². The molecule has 0 aliphatic carbocycles. The predicted molar refractivity (Wildman–Crippen MR) is 108 cm³/mol. The van der Waals surface area contributed by atoms with E-state index in [0.29, 0.717) is 22.0 Å². The van der Waals surface area contributed by atoms with Crippen LogP contribution in [0, 0.1) is 0 Å².